The first-order valence-electron chi connectivity index (χ1n) is 8.84. The number of carbonyl (C=O) groups is 2. The quantitative estimate of drug-likeness (QED) is 0.799. The van der Waals surface area contributed by atoms with E-state index in [1.165, 1.54) is 0 Å². The third-order valence-electron chi connectivity index (χ3n) is 4.88. The van der Waals surface area contributed by atoms with Crippen LogP contribution in [-0.4, -0.2) is 52.7 Å². The fourth-order valence-corrected chi connectivity index (χ4v) is 3.50. The zero-order chi connectivity index (χ0) is 18.5. The van der Waals surface area contributed by atoms with Crippen LogP contribution in [0.1, 0.15) is 25.0 Å². The van der Waals surface area contributed by atoms with Gasteiger partial charge in [0.15, 0.2) is 0 Å². The number of aromatic nitrogens is 1. The van der Waals surface area contributed by atoms with Crippen molar-refractivity contribution in [2.45, 2.75) is 37.8 Å². The SMILES string of the molecule is COC1CC(CC(=O)O)N(C(=O)CCc2ccc(-c3ccccc3)[nH]2)C1. The van der Waals surface area contributed by atoms with Crippen molar-refractivity contribution in [1.29, 1.82) is 0 Å². The molecule has 138 valence electrons. The Balaban J connectivity index is 1.59. The number of aliphatic carboxylic acids is 1. The maximum atomic E-state index is 12.6. The fraction of sp³-hybridized carbons (Fsp3) is 0.400. The number of nitrogens with one attached hydrogen (secondary N) is 1. The van der Waals surface area contributed by atoms with Gasteiger partial charge in [-0.2, -0.15) is 0 Å². The number of likely N-dealkylation sites (tertiary alicyclic amines) is 1. The Morgan fingerprint density at radius 1 is 1.23 bits per heavy atom. The number of rotatable bonds is 7. The zero-order valence-electron chi connectivity index (χ0n) is 14.9. The smallest absolute Gasteiger partial charge is 0.305 e. The van der Waals surface area contributed by atoms with Gasteiger partial charge in [0, 0.05) is 37.5 Å². The number of aromatic amines is 1. The van der Waals surface area contributed by atoms with Crippen LogP contribution in [0.15, 0.2) is 42.5 Å². The van der Waals surface area contributed by atoms with Gasteiger partial charge in [0.25, 0.3) is 0 Å². The highest BCUT2D eigenvalue weighted by Crippen LogP contribution is 2.24. The van der Waals surface area contributed by atoms with Crippen LogP contribution >= 0.6 is 0 Å². The van der Waals surface area contributed by atoms with Gasteiger partial charge in [0.05, 0.1) is 12.5 Å². The summed E-state index contributed by atoms with van der Waals surface area (Å²) in [6.45, 7) is 0.466. The molecule has 0 saturated carbocycles. The van der Waals surface area contributed by atoms with Crippen molar-refractivity contribution < 1.29 is 19.4 Å². The van der Waals surface area contributed by atoms with E-state index >= 15 is 0 Å². The standard InChI is InChI=1S/C20H24N2O4/c1-26-17-11-16(12-20(24)25)22(13-17)19(23)10-8-15-7-9-18(21-15)14-5-3-2-4-6-14/h2-7,9,16-17,21H,8,10-13H2,1H3,(H,24,25). The molecule has 0 spiro atoms. The maximum absolute atomic E-state index is 12.6. The lowest BCUT2D eigenvalue weighted by atomic mass is 10.1. The highest BCUT2D eigenvalue weighted by atomic mass is 16.5. The van der Waals surface area contributed by atoms with Crippen molar-refractivity contribution in [3.05, 3.63) is 48.2 Å². The minimum atomic E-state index is -0.888. The Bertz CT molecular complexity index is 756. The molecule has 1 amide bonds. The Morgan fingerprint density at radius 2 is 2.00 bits per heavy atom. The second kappa shape index (κ2) is 8.19. The van der Waals surface area contributed by atoms with Crippen molar-refractivity contribution in [1.82, 2.24) is 9.88 Å². The molecule has 3 rings (SSSR count). The van der Waals surface area contributed by atoms with Crippen LogP contribution in [0.5, 0.6) is 0 Å². The van der Waals surface area contributed by atoms with Gasteiger partial charge in [0.1, 0.15) is 0 Å². The first kappa shape index (κ1) is 18.2. The lowest BCUT2D eigenvalue weighted by Crippen LogP contribution is -2.37. The zero-order valence-corrected chi connectivity index (χ0v) is 14.9. The topological polar surface area (TPSA) is 82.6 Å². The molecular weight excluding hydrogens is 332 g/mol. The molecule has 0 radical (unpaired) electrons. The van der Waals surface area contributed by atoms with Crippen LogP contribution in [0.25, 0.3) is 11.3 Å². The summed E-state index contributed by atoms with van der Waals surface area (Å²) in [5.41, 5.74) is 3.13. The highest BCUT2D eigenvalue weighted by Gasteiger charge is 2.36. The number of amides is 1. The molecule has 6 heteroatoms. The van der Waals surface area contributed by atoms with Gasteiger partial charge in [-0.15, -0.1) is 0 Å². The minimum Gasteiger partial charge on any atom is -0.481 e. The first-order chi connectivity index (χ1) is 12.6. The molecule has 2 atom stereocenters. The molecule has 1 aromatic carbocycles. The number of carboxylic acids is 1. The largest absolute Gasteiger partial charge is 0.481 e. The number of benzene rings is 1. The van der Waals surface area contributed by atoms with Crippen LogP contribution in [-0.2, 0) is 20.7 Å². The number of ether oxygens (including phenoxy) is 1. The number of nitrogens with zero attached hydrogens (tertiary/aromatic N) is 1. The van der Waals surface area contributed by atoms with E-state index in [4.69, 9.17) is 9.84 Å². The molecule has 1 saturated heterocycles. The van der Waals surface area contributed by atoms with Crippen LogP contribution < -0.4 is 0 Å². The number of carbonyl (C=O) groups excluding carboxylic acids is 1. The van der Waals surface area contributed by atoms with E-state index in [1.54, 1.807) is 12.0 Å². The maximum Gasteiger partial charge on any atom is 0.305 e. The second-order valence-corrected chi connectivity index (χ2v) is 6.65. The van der Waals surface area contributed by atoms with Gasteiger partial charge in [-0.3, -0.25) is 9.59 Å². The summed E-state index contributed by atoms with van der Waals surface area (Å²) in [5.74, 6) is -0.909. The van der Waals surface area contributed by atoms with E-state index in [0.717, 1.165) is 17.0 Å². The number of hydrogen-bond acceptors (Lipinski definition) is 3. The molecule has 1 aliphatic rings. The van der Waals surface area contributed by atoms with Crippen LogP contribution in [0, 0.1) is 0 Å². The summed E-state index contributed by atoms with van der Waals surface area (Å²) in [5, 5.41) is 9.07. The summed E-state index contributed by atoms with van der Waals surface area (Å²) in [7, 11) is 1.60. The summed E-state index contributed by atoms with van der Waals surface area (Å²) in [6, 6.07) is 13.7. The average Bonchev–Trinajstić information content (AvgIpc) is 3.27. The molecule has 0 bridgehead atoms. The summed E-state index contributed by atoms with van der Waals surface area (Å²) >= 11 is 0. The molecule has 26 heavy (non-hydrogen) atoms. The average molecular weight is 356 g/mol. The molecule has 6 nitrogen and oxygen atoms in total. The second-order valence-electron chi connectivity index (χ2n) is 6.65. The van der Waals surface area contributed by atoms with Gasteiger partial charge in [-0.1, -0.05) is 30.3 Å². The van der Waals surface area contributed by atoms with Gasteiger partial charge in [-0.25, -0.2) is 0 Å². The van der Waals surface area contributed by atoms with Crippen LogP contribution in [0.3, 0.4) is 0 Å². The molecule has 2 unspecified atom stereocenters. The predicted molar refractivity (Wildman–Crippen MR) is 97.7 cm³/mol. The lowest BCUT2D eigenvalue weighted by molar-refractivity contribution is -0.139. The van der Waals surface area contributed by atoms with Crippen molar-refractivity contribution in [3.8, 4) is 11.3 Å². The first-order valence-corrected chi connectivity index (χ1v) is 8.84. The van der Waals surface area contributed by atoms with Crippen LogP contribution in [0.2, 0.25) is 0 Å². The molecule has 2 heterocycles. The Morgan fingerprint density at radius 3 is 2.69 bits per heavy atom. The fourth-order valence-electron chi connectivity index (χ4n) is 3.50. The molecule has 2 aromatic rings. The van der Waals surface area contributed by atoms with E-state index in [1.807, 2.05) is 42.5 Å². The number of H-pyrrole nitrogens is 1. The molecule has 1 fully saturated rings. The Kier molecular flexibility index (Phi) is 5.73. The van der Waals surface area contributed by atoms with Crippen molar-refractivity contribution in [2.75, 3.05) is 13.7 Å². The molecule has 0 aliphatic carbocycles. The van der Waals surface area contributed by atoms with Gasteiger partial charge in [-0.05, 0) is 30.5 Å². The van der Waals surface area contributed by atoms with E-state index in [-0.39, 0.29) is 24.5 Å². The van der Waals surface area contributed by atoms with Gasteiger partial charge < -0.3 is 19.7 Å². The lowest BCUT2D eigenvalue weighted by Gasteiger charge is -2.23. The Hall–Kier alpha value is -2.60. The number of hydrogen-bond donors (Lipinski definition) is 2. The van der Waals surface area contributed by atoms with E-state index in [0.29, 0.717) is 25.8 Å². The van der Waals surface area contributed by atoms with E-state index in [9.17, 15) is 9.59 Å². The summed E-state index contributed by atoms with van der Waals surface area (Å²) < 4.78 is 5.33. The van der Waals surface area contributed by atoms with Crippen molar-refractivity contribution >= 4 is 11.9 Å². The van der Waals surface area contributed by atoms with Gasteiger partial charge >= 0.3 is 5.97 Å². The van der Waals surface area contributed by atoms with E-state index in [2.05, 4.69) is 4.98 Å². The third kappa shape index (κ3) is 4.32. The van der Waals surface area contributed by atoms with Crippen LogP contribution in [0.4, 0.5) is 0 Å². The Labute approximate surface area is 152 Å². The van der Waals surface area contributed by atoms with E-state index < -0.39 is 5.97 Å². The molecule has 1 aliphatic heterocycles. The van der Waals surface area contributed by atoms with Crippen molar-refractivity contribution in [2.24, 2.45) is 0 Å². The number of carboxylic acid groups (broad SMARTS) is 1. The summed E-state index contributed by atoms with van der Waals surface area (Å²) in [4.78, 5) is 28.7. The monoisotopic (exact) mass is 356 g/mol. The molecule has 1 aromatic heterocycles. The number of methoxy groups -OCH3 is 1. The molecular formula is C20H24N2O4. The van der Waals surface area contributed by atoms with Crippen molar-refractivity contribution in [3.63, 3.8) is 0 Å². The van der Waals surface area contributed by atoms with Gasteiger partial charge in [0.2, 0.25) is 5.91 Å². The third-order valence-corrected chi connectivity index (χ3v) is 4.88. The minimum absolute atomic E-state index is 0.0216. The highest BCUT2D eigenvalue weighted by molar-refractivity contribution is 5.78. The predicted octanol–water partition coefficient (Wildman–Crippen LogP) is 2.70. The molecule has 2 N–H and O–H groups in total. The normalized spacial score (nSPS) is 19.7. The summed E-state index contributed by atoms with van der Waals surface area (Å²) in [6.07, 6.45) is 1.40. The number of aryl methyl sites for hydroxylation is 1.